The van der Waals surface area contributed by atoms with Gasteiger partial charge in [0.1, 0.15) is 12.9 Å². The Labute approximate surface area is 341 Å². The Kier molecular flexibility index (Phi) is 57.9. The second-order valence-electron chi connectivity index (χ2n) is 8.91. The average Bonchev–Trinajstić information content (AvgIpc) is 3.21. The van der Waals surface area contributed by atoms with Crippen LogP contribution in [-0.2, 0) is 89.6 Å². The number of phosphoric ester groups is 2. The summed E-state index contributed by atoms with van der Waals surface area (Å²) in [6.07, 6.45) is 0.103. The minimum Gasteiger partial charge on any atom is -0.429 e. The largest absolute Gasteiger partial charge is 0.472 e. The predicted molar refractivity (Wildman–Crippen MR) is 209 cm³/mol. The minimum absolute atomic E-state index is 0.0138. The Morgan fingerprint density at radius 3 is 1.52 bits per heavy atom. The van der Waals surface area contributed by atoms with Crippen molar-refractivity contribution in [3.63, 3.8) is 0 Å². The van der Waals surface area contributed by atoms with Gasteiger partial charge in [-0.3, -0.25) is 23.4 Å². The molecule has 0 aliphatic carbocycles. The summed E-state index contributed by atoms with van der Waals surface area (Å²) in [6, 6.07) is 0. The third-order valence-corrected chi connectivity index (χ3v) is 7.24. The molecule has 0 heterocycles. The summed E-state index contributed by atoms with van der Waals surface area (Å²) in [4.78, 5) is 37.5. The molecular formula is C31H66NO23P3. The van der Waals surface area contributed by atoms with E-state index < -0.39 is 49.2 Å². The summed E-state index contributed by atoms with van der Waals surface area (Å²) < 4.78 is 90.8. The molecule has 0 fully saturated rings. The van der Waals surface area contributed by atoms with Crippen molar-refractivity contribution in [3.05, 3.63) is 65.2 Å². The fourth-order valence-corrected chi connectivity index (χ4v) is 4.62. The van der Waals surface area contributed by atoms with Gasteiger partial charge in [0.05, 0.1) is 112 Å². The summed E-state index contributed by atoms with van der Waals surface area (Å²) in [5.74, 6) is 0. The van der Waals surface area contributed by atoms with Crippen molar-refractivity contribution >= 4 is 23.2 Å². The lowest BCUT2D eigenvalue weighted by Crippen LogP contribution is -2.23. The summed E-state index contributed by atoms with van der Waals surface area (Å²) >= 11 is 0. The molecule has 0 aromatic rings. The first-order valence-corrected chi connectivity index (χ1v) is 21.8. The highest BCUT2D eigenvalue weighted by Gasteiger charge is 2.30. The maximum absolute atomic E-state index is 12.4. The number of aliphatic hydroxyl groups is 1. The van der Waals surface area contributed by atoms with Crippen molar-refractivity contribution in [2.75, 3.05) is 126 Å². The molecule has 27 heteroatoms. The Balaban J connectivity index is -0.00000109. The minimum atomic E-state index is -4.75. The van der Waals surface area contributed by atoms with Crippen LogP contribution in [0.5, 0.6) is 0 Å². The Bertz CT molecular complexity index is 1010. The van der Waals surface area contributed by atoms with E-state index in [1.165, 1.54) is 0 Å². The van der Waals surface area contributed by atoms with Crippen LogP contribution in [0.2, 0.25) is 0 Å². The summed E-state index contributed by atoms with van der Waals surface area (Å²) in [5, 5.41) is 23.3. The van der Waals surface area contributed by atoms with Crippen LogP contribution in [0.1, 0.15) is 6.42 Å². The normalized spacial score (nSPS) is 14.2. The fourth-order valence-electron chi connectivity index (χ4n) is 2.70. The van der Waals surface area contributed by atoms with Crippen molar-refractivity contribution in [2.45, 2.75) is 12.5 Å². The first-order valence-electron chi connectivity index (χ1n) is 16.8. The number of nitrogens with one attached hydrogen (secondary N) is 1. The molecule has 0 saturated carbocycles. The summed E-state index contributed by atoms with van der Waals surface area (Å²) in [7, 11) is -11.5. The number of aliphatic hydroxyl groups excluding tert-OH is 1. The molecule has 58 heavy (non-hydrogen) atoms. The van der Waals surface area contributed by atoms with Gasteiger partial charge in [-0.15, -0.1) is 52.6 Å². The summed E-state index contributed by atoms with van der Waals surface area (Å²) in [5.41, 5.74) is 0. The van der Waals surface area contributed by atoms with Gasteiger partial charge < -0.3 is 57.6 Å². The average molecular weight is 914 g/mol. The van der Waals surface area contributed by atoms with E-state index in [9.17, 15) is 23.5 Å². The standard InChI is InChI=1S/C23H50NO23P3.4C2H4/c1-24-22-37-5-3-23(44-50(30,31)42-20-17-39-46-47-45-38-16-19-40-48(2,26)27)21-43-49(28,29)41-18-15-36-14-13-35-12-11-34-10-9-33-8-7-32-6-4-25;4*1-2/h16,19,23-25H,3-15,17-18,20-22H2,1-2H3,(H,26,27)(H,28,29)(H,30,31);4*1-2H2/b19-16+;;;;. The zero-order valence-corrected chi connectivity index (χ0v) is 36.2. The molecule has 348 valence electrons. The van der Waals surface area contributed by atoms with Gasteiger partial charge in [0, 0.05) is 16.7 Å². The monoisotopic (exact) mass is 913 g/mol. The lowest BCUT2D eigenvalue weighted by molar-refractivity contribution is -0.700. The maximum atomic E-state index is 12.4. The van der Waals surface area contributed by atoms with E-state index in [1.807, 2.05) is 0 Å². The second-order valence-corrected chi connectivity index (χ2v) is 13.6. The van der Waals surface area contributed by atoms with Crippen LogP contribution in [0.3, 0.4) is 0 Å². The molecule has 0 amide bonds. The van der Waals surface area contributed by atoms with Crippen molar-refractivity contribution < 1.29 is 109 Å². The van der Waals surface area contributed by atoms with E-state index in [4.69, 9.17) is 56.5 Å². The predicted octanol–water partition coefficient (Wildman–Crippen LogP) is 3.54. The van der Waals surface area contributed by atoms with Gasteiger partial charge in [-0.2, -0.15) is 0 Å². The lowest BCUT2D eigenvalue weighted by Gasteiger charge is -2.22. The van der Waals surface area contributed by atoms with Gasteiger partial charge in [-0.1, -0.05) is 0 Å². The molecule has 0 spiro atoms. The van der Waals surface area contributed by atoms with Crippen molar-refractivity contribution in [1.82, 2.24) is 5.32 Å². The van der Waals surface area contributed by atoms with Gasteiger partial charge in [-0.05, 0) is 18.5 Å². The van der Waals surface area contributed by atoms with Crippen LogP contribution in [0.4, 0.5) is 0 Å². The van der Waals surface area contributed by atoms with Gasteiger partial charge >= 0.3 is 23.2 Å². The third-order valence-electron chi connectivity index (χ3n) is 4.67. The van der Waals surface area contributed by atoms with Gasteiger partial charge in [0.2, 0.25) is 0 Å². The van der Waals surface area contributed by atoms with Crippen LogP contribution < -0.4 is 5.32 Å². The van der Waals surface area contributed by atoms with Crippen LogP contribution in [0.25, 0.3) is 0 Å². The molecule has 24 nitrogen and oxygen atoms in total. The van der Waals surface area contributed by atoms with Gasteiger partial charge in [0.15, 0.2) is 6.26 Å². The van der Waals surface area contributed by atoms with Crippen LogP contribution in [0, 0.1) is 0 Å². The molecule has 0 aromatic heterocycles. The van der Waals surface area contributed by atoms with Crippen LogP contribution in [-0.4, -0.2) is 152 Å². The van der Waals surface area contributed by atoms with Crippen LogP contribution >= 0.6 is 23.2 Å². The highest BCUT2D eigenvalue weighted by Crippen LogP contribution is 2.47. The second kappa shape index (κ2) is 51.4. The zero-order valence-electron chi connectivity index (χ0n) is 33.5. The zero-order chi connectivity index (χ0) is 45.2. The smallest absolute Gasteiger partial charge is 0.429 e. The van der Waals surface area contributed by atoms with E-state index in [0.717, 1.165) is 6.66 Å². The number of hydrogen-bond acceptors (Lipinski definition) is 21. The molecule has 0 saturated heterocycles. The van der Waals surface area contributed by atoms with E-state index in [1.54, 1.807) is 7.05 Å². The van der Waals surface area contributed by atoms with Gasteiger partial charge in [-0.25, -0.2) is 18.6 Å². The number of ether oxygens (including phenoxy) is 6. The van der Waals surface area contributed by atoms with E-state index in [-0.39, 0.29) is 59.4 Å². The Morgan fingerprint density at radius 1 is 0.569 bits per heavy atom. The molecule has 0 aliphatic rings. The lowest BCUT2D eigenvalue weighted by atomic mass is 10.3. The third kappa shape index (κ3) is 58.5. The Hall–Kier alpha value is -1.77. The highest BCUT2D eigenvalue weighted by atomic mass is 31.2. The van der Waals surface area contributed by atoms with Crippen molar-refractivity contribution in [2.24, 2.45) is 0 Å². The molecule has 4 atom stereocenters. The van der Waals surface area contributed by atoms with Gasteiger partial charge in [0.25, 0.3) is 0 Å². The molecule has 0 aliphatic heterocycles. The molecular weight excluding hydrogens is 847 g/mol. The van der Waals surface area contributed by atoms with Crippen LogP contribution in [0.15, 0.2) is 65.2 Å². The molecule has 0 rings (SSSR count). The molecule has 5 N–H and O–H groups in total. The van der Waals surface area contributed by atoms with E-state index in [0.29, 0.717) is 52.2 Å². The SMILES string of the molecule is C=C.C=C.C=C.C=C.CNCOCCC(COP(=O)(O)OCCOCCOCCOCCOCCOCCO)OP(=O)(O)OCCOOOOO/C=C/OP(C)(=O)O. The number of phosphoric acid groups is 2. The molecule has 0 bridgehead atoms. The maximum Gasteiger partial charge on any atom is 0.472 e. The highest BCUT2D eigenvalue weighted by molar-refractivity contribution is 7.52. The quantitative estimate of drug-likeness (QED) is 0.0112. The molecule has 0 radical (unpaired) electrons. The first kappa shape index (κ1) is 65.4. The van der Waals surface area contributed by atoms with Crippen molar-refractivity contribution in [1.29, 1.82) is 0 Å². The van der Waals surface area contributed by atoms with E-state index in [2.05, 4.69) is 87.4 Å². The topological polar surface area (TPSA) is 292 Å². The Morgan fingerprint density at radius 2 is 1.03 bits per heavy atom. The summed E-state index contributed by atoms with van der Waals surface area (Å²) in [6.45, 7) is 26.0. The molecule has 4 unspecified atom stereocenters. The number of hydrogen-bond donors (Lipinski definition) is 5. The fraction of sp³-hybridized carbons (Fsp3) is 0.677. The van der Waals surface area contributed by atoms with E-state index >= 15 is 0 Å². The molecule has 0 aromatic carbocycles. The number of rotatable bonds is 39. The van der Waals surface area contributed by atoms with Crippen molar-refractivity contribution in [3.8, 4) is 0 Å². The first-order chi connectivity index (χ1) is 27.9.